The summed E-state index contributed by atoms with van der Waals surface area (Å²) in [5.74, 6) is -1.35. The molecule has 1 aliphatic rings. The van der Waals surface area contributed by atoms with Gasteiger partial charge in [-0.1, -0.05) is 19.1 Å². The Morgan fingerprint density at radius 2 is 2.10 bits per heavy atom. The second kappa shape index (κ2) is 8.23. The van der Waals surface area contributed by atoms with Crippen LogP contribution in [0.2, 0.25) is 0 Å². The molecule has 1 unspecified atom stereocenters. The molecule has 1 atom stereocenters. The second-order valence-corrected chi connectivity index (χ2v) is 6.88. The lowest BCUT2D eigenvalue weighted by atomic mass is 9.82. The maximum Gasteiger partial charge on any atom is 0.338 e. The third-order valence-electron chi connectivity index (χ3n) is 4.81. The minimum Gasteiger partial charge on any atom is -0.463 e. The Balaban J connectivity index is 2.30. The van der Waals surface area contributed by atoms with Gasteiger partial charge in [-0.05, 0) is 43.4 Å². The van der Waals surface area contributed by atoms with Crippen LogP contribution in [0, 0.1) is 18.3 Å². The third-order valence-corrected chi connectivity index (χ3v) is 4.81. The zero-order valence-corrected chi connectivity index (χ0v) is 16.7. The molecule has 1 aliphatic heterocycles. The number of allylic oxidation sites excluding steroid dienone is 2. The van der Waals surface area contributed by atoms with Crippen LogP contribution in [-0.2, 0) is 14.3 Å². The van der Waals surface area contributed by atoms with Gasteiger partial charge in [-0.2, -0.15) is 5.26 Å². The van der Waals surface area contributed by atoms with Gasteiger partial charge in [0.25, 0.3) is 5.56 Å². The van der Waals surface area contributed by atoms with Crippen LogP contribution < -0.4 is 11.3 Å². The number of nitriles is 1. The number of ether oxygens (including phenoxy) is 2. The largest absolute Gasteiger partial charge is 0.463 e. The first-order valence-electron chi connectivity index (χ1n) is 9.52. The van der Waals surface area contributed by atoms with Crippen molar-refractivity contribution in [1.29, 1.82) is 5.26 Å². The number of aromatic amines is 1. The minimum absolute atomic E-state index is 0.0184. The van der Waals surface area contributed by atoms with Crippen molar-refractivity contribution in [2.24, 2.45) is 5.73 Å². The predicted octanol–water partition coefficient (Wildman–Crippen LogP) is 3.26. The van der Waals surface area contributed by atoms with E-state index in [0.717, 1.165) is 10.9 Å². The molecule has 1 aromatic heterocycles. The van der Waals surface area contributed by atoms with E-state index < -0.39 is 17.4 Å². The highest BCUT2D eigenvalue weighted by Crippen LogP contribution is 2.40. The zero-order chi connectivity index (χ0) is 21.1. The fraction of sp³-hybridized carbons (Fsp3) is 0.318. The van der Waals surface area contributed by atoms with Crippen molar-refractivity contribution in [2.45, 2.75) is 39.5 Å². The van der Waals surface area contributed by atoms with E-state index in [2.05, 4.69) is 4.98 Å². The number of carbonyl (C=O) groups excluding carboxylic acids is 1. The van der Waals surface area contributed by atoms with Crippen LogP contribution in [0.15, 0.2) is 51.8 Å². The Hall–Kier alpha value is -3.53. The predicted molar refractivity (Wildman–Crippen MR) is 109 cm³/mol. The molecule has 3 rings (SSSR count). The summed E-state index contributed by atoms with van der Waals surface area (Å²) >= 11 is 0. The number of pyridine rings is 1. The van der Waals surface area contributed by atoms with Crippen LogP contribution in [0.5, 0.6) is 0 Å². The molecular weight excluding hydrogens is 370 g/mol. The zero-order valence-electron chi connectivity index (χ0n) is 16.7. The van der Waals surface area contributed by atoms with Gasteiger partial charge in [0.15, 0.2) is 0 Å². The van der Waals surface area contributed by atoms with Crippen molar-refractivity contribution in [3.05, 3.63) is 68.5 Å². The number of aryl methyl sites for hydroxylation is 1. The molecule has 0 saturated carbocycles. The van der Waals surface area contributed by atoms with Crippen LogP contribution in [0.3, 0.4) is 0 Å². The molecule has 0 spiro atoms. The number of fused-ring (bicyclic) bond motifs is 1. The smallest absolute Gasteiger partial charge is 0.338 e. The van der Waals surface area contributed by atoms with Crippen LogP contribution >= 0.6 is 0 Å². The lowest BCUT2D eigenvalue weighted by Crippen LogP contribution is -2.29. The Bertz CT molecular complexity index is 1130. The van der Waals surface area contributed by atoms with E-state index in [4.69, 9.17) is 15.2 Å². The van der Waals surface area contributed by atoms with Gasteiger partial charge in [-0.3, -0.25) is 4.79 Å². The molecule has 1 aromatic carbocycles. The van der Waals surface area contributed by atoms with Crippen molar-refractivity contribution in [3.63, 3.8) is 0 Å². The molecule has 29 heavy (non-hydrogen) atoms. The first kappa shape index (κ1) is 20.2. The molecule has 0 aliphatic carbocycles. The van der Waals surface area contributed by atoms with E-state index in [-0.39, 0.29) is 29.2 Å². The highest BCUT2D eigenvalue weighted by molar-refractivity contribution is 5.93. The van der Waals surface area contributed by atoms with Crippen LogP contribution in [0.25, 0.3) is 10.9 Å². The molecule has 7 nitrogen and oxygen atoms in total. The number of nitrogens with two attached hydrogens (primary N) is 1. The van der Waals surface area contributed by atoms with E-state index >= 15 is 0 Å². The summed E-state index contributed by atoms with van der Waals surface area (Å²) in [6.07, 6.45) is 1.11. The quantitative estimate of drug-likeness (QED) is 0.753. The highest BCUT2D eigenvalue weighted by Gasteiger charge is 2.38. The third kappa shape index (κ3) is 3.74. The molecule has 0 bridgehead atoms. The fourth-order valence-corrected chi connectivity index (χ4v) is 3.52. The lowest BCUT2D eigenvalue weighted by molar-refractivity contribution is -0.139. The Morgan fingerprint density at radius 3 is 2.76 bits per heavy atom. The molecule has 3 N–H and O–H groups in total. The summed E-state index contributed by atoms with van der Waals surface area (Å²) in [5.41, 5.74) is 7.70. The van der Waals surface area contributed by atoms with Gasteiger partial charge in [-0.25, -0.2) is 4.79 Å². The lowest BCUT2D eigenvalue weighted by Gasteiger charge is -2.27. The number of carbonyl (C=O) groups is 1. The van der Waals surface area contributed by atoms with E-state index in [9.17, 15) is 14.9 Å². The average Bonchev–Trinajstić information content (AvgIpc) is 2.67. The SMILES string of the molecule is CCCC1=C(C(=O)OCC)C(c2cc3ccc(C)cc3[nH]c2=O)C(C#N)=C(N)O1. The standard InChI is InChI=1S/C22H23N3O4/c1-4-6-17-19(22(27)28-5-2)18(15(11-23)20(24)29-17)14-10-13-8-7-12(3)9-16(13)25-21(14)26/h7-10,18H,4-6,24H2,1-3H3,(H,25,26). The van der Waals surface area contributed by atoms with E-state index in [1.807, 2.05) is 38.1 Å². The molecule has 0 fully saturated rings. The van der Waals surface area contributed by atoms with Gasteiger partial charge in [0.05, 0.1) is 18.1 Å². The first-order valence-corrected chi connectivity index (χ1v) is 9.52. The van der Waals surface area contributed by atoms with Crippen molar-refractivity contribution in [1.82, 2.24) is 4.98 Å². The van der Waals surface area contributed by atoms with Gasteiger partial charge in [0.2, 0.25) is 5.88 Å². The monoisotopic (exact) mass is 393 g/mol. The normalized spacial score (nSPS) is 16.6. The number of rotatable bonds is 5. The summed E-state index contributed by atoms with van der Waals surface area (Å²) < 4.78 is 10.8. The molecule has 0 amide bonds. The summed E-state index contributed by atoms with van der Waals surface area (Å²) in [4.78, 5) is 28.6. The van der Waals surface area contributed by atoms with Gasteiger partial charge in [-0.15, -0.1) is 0 Å². The minimum atomic E-state index is -0.955. The summed E-state index contributed by atoms with van der Waals surface area (Å²) in [6, 6.07) is 9.37. The number of hydrogen-bond acceptors (Lipinski definition) is 6. The van der Waals surface area contributed by atoms with Crippen molar-refractivity contribution in [2.75, 3.05) is 6.61 Å². The topological polar surface area (TPSA) is 118 Å². The number of benzene rings is 1. The van der Waals surface area contributed by atoms with Gasteiger partial charge < -0.3 is 20.2 Å². The fourth-order valence-electron chi connectivity index (χ4n) is 3.52. The van der Waals surface area contributed by atoms with Gasteiger partial charge in [0.1, 0.15) is 17.4 Å². The highest BCUT2D eigenvalue weighted by atomic mass is 16.5. The maximum atomic E-state index is 13.0. The van der Waals surface area contributed by atoms with Crippen LogP contribution in [0.4, 0.5) is 0 Å². The van der Waals surface area contributed by atoms with E-state index in [1.165, 1.54) is 0 Å². The maximum absolute atomic E-state index is 13.0. The Morgan fingerprint density at radius 1 is 1.34 bits per heavy atom. The Labute approximate surface area is 168 Å². The first-order chi connectivity index (χ1) is 13.9. The van der Waals surface area contributed by atoms with E-state index in [0.29, 0.717) is 24.1 Å². The second-order valence-electron chi connectivity index (χ2n) is 6.88. The van der Waals surface area contributed by atoms with Gasteiger partial charge in [0, 0.05) is 17.5 Å². The van der Waals surface area contributed by atoms with Crippen LogP contribution in [0.1, 0.15) is 43.7 Å². The summed E-state index contributed by atoms with van der Waals surface area (Å²) in [6.45, 7) is 5.71. The Kier molecular flexibility index (Phi) is 5.74. The molecule has 7 heteroatoms. The number of hydrogen-bond donors (Lipinski definition) is 2. The molecule has 150 valence electrons. The molecule has 0 saturated heterocycles. The number of nitrogens with one attached hydrogen (secondary N) is 1. The molecule has 2 heterocycles. The van der Waals surface area contributed by atoms with Crippen molar-refractivity contribution < 1.29 is 14.3 Å². The molecule has 0 radical (unpaired) electrons. The van der Waals surface area contributed by atoms with E-state index in [1.54, 1.807) is 13.0 Å². The molecular formula is C22H23N3O4. The number of nitrogens with zero attached hydrogens (tertiary/aromatic N) is 1. The van der Waals surface area contributed by atoms with Crippen molar-refractivity contribution >= 4 is 16.9 Å². The number of aromatic nitrogens is 1. The average molecular weight is 393 g/mol. The van der Waals surface area contributed by atoms with Crippen molar-refractivity contribution in [3.8, 4) is 6.07 Å². The van der Waals surface area contributed by atoms with Crippen LogP contribution in [-0.4, -0.2) is 17.6 Å². The number of esters is 1. The number of H-pyrrole nitrogens is 1. The molecule has 2 aromatic rings. The summed E-state index contributed by atoms with van der Waals surface area (Å²) in [7, 11) is 0. The summed E-state index contributed by atoms with van der Waals surface area (Å²) in [5, 5.41) is 10.5. The van der Waals surface area contributed by atoms with Gasteiger partial charge >= 0.3 is 5.97 Å².